The summed E-state index contributed by atoms with van der Waals surface area (Å²) in [4.78, 5) is 26.6. The van der Waals surface area contributed by atoms with Gasteiger partial charge in [-0.2, -0.15) is 4.98 Å². The lowest BCUT2D eigenvalue weighted by Crippen LogP contribution is -2.45. The third kappa shape index (κ3) is 7.02. The predicted octanol–water partition coefficient (Wildman–Crippen LogP) is 3.55. The van der Waals surface area contributed by atoms with Gasteiger partial charge >= 0.3 is 6.09 Å². The van der Waals surface area contributed by atoms with Crippen molar-refractivity contribution in [3.63, 3.8) is 0 Å². The molecule has 11 heteroatoms. The normalized spacial score (nSPS) is 14.1. The fraction of sp³-hybridized carbons (Fsp3) is 0.370. The van der Waals surface area contributed by atoms with Gasteiger partial charge < -0.3 is 29.5 Å². The molecule has 1 fully saturated rings. The summed E-state index contributed by atoms with van der Waals surface area (Å²) in [5, 5.41) is 13.0. The summed E-state index contributed by atoms with van der Waals surface area (Å²) in [5.41, 5.74) is 1.40. The molecule has 1 amide bonds. The van der Waals surface area contributed by atoms with Crippen LogP contribution in [0.15, 0.2) is 54.7 Å². The van der Waals surface area contributed by atoms with Gasteiger partial charge in [-0.25, -0.2) is 9.78 Å². The van der Waals surface area contributed by atoms with Crippen molar-refractivity contribution in [1.29, 1.82) is 0 Å². The zero-order valence-corrected chi connectivity index (χ0v) is 22.0. The molecule has 0 aliphatic carbocycles. The Labute approximate surface area is 222 Å². The second-order valence-electron chi connectivity index (χ2n) is 8.90. The molecule has 1 saturated heterocycles. The molecule has 11 nitrogen and oxygen atoms in total. The van der Waals surface area contributed by atoms with Crippen molar-refractivity contribution >= 4 is 23.5 Å². The zero-order chi connectivity index (χ0) is 26.9. The first-order valence-corrected chi connectivity index (χ1v) is 12.4. The number of hydrogen-bond acceptors (Lipinski definition) is 9. The van der Waals surface area contributed by atoms with Crippen LogP contribution in [0.2, 0.25) is 0 Å². The second kappa shape index (κ2) is 12.9. The maximum atomic E-state index is 12.1. The Hall–Kier alpha value is -4.09. The quantitative estimate of drug-likeness (QED) is 0.388. The summed E-state index contributed by atoms with van der Waals surface area (Å²) in [6.45, 7) is 5.70. The van der Waals surface area contributed by atoms with Crippen LogP contribution in [0.3, 0.4) is 0 Å². The third-order valence-electron chi connectivity index (χ3n) is 6.35. The van der Waals surface area contributed by atoms with Crippen LogP contribution in [0.4, 0.5) is 22.2 Å². The number of nitrogens with zero attached hydrogens (tertiary/aromatic N) is 5. The number of likely N-dealkylation sites (N-methyl/N-ethyl adjacent to an activating group) is 1. The molecule has 2 N–H and O–H groups in total. The maximum Gasteiger partial charge on any atom is 0.413 e. The number of nitrogens with one attached hydrogen (secondary N) is 1. The van der Waals surface area contributed by atoms with Crippen molar-refractivity contribution < 1.29 is 24.1 Å². The minimum Gasteiger partial charge on any atom is -0.496 e. The molecule has 0 spiro atoms. The summed E-state index contributed by atoms with van der Waals surface area (Å²) in [6.07, 6.45) is 0.371. The van der Waals surface area contributed by atoms with E-state index in [0.717, 1.165) is 43.2 Å². The van der Waals surface area contributed by atoms with E-state index in [1.807, 2.05) is 30.3 Å². The monoisotopic (exact) mass is 522 g/mol. The molecule has 3 aromatic rings. The number of ether oxygens (including phenoxy) is 3. The van der Waals surface area contributed by atoms with Crippen LogP contribution >= 0.6 is 0 Å². The molecule has 2 aromatic carbocycles. The minimum absolute atomic E-state index is 0.0732. The van der Waals surface area contributed by atoms with E-state index in [2.05, 4.69) is 32.1 Å². The molecule has 202 valence electrons. The summed E-state index contributed by atoms with van der Waals surface area (Å²) < 4.78 is 16.9. The van der Waals surface area contributed by atoms with Crippen molar-refractivity contribution in [2.24, 2.45) is 0 Å². The Morgan fingerprint density at radius 3 is 2.53 bits per heavy atom. The highest BCUT2D eigenvalue weighted by molar-refractivity contribution is 5.85. The Morgan fingerprint density at radius 2 is 1.79 bits per heavy atom. The number of carboxylic acid groups (broad SMARTS) is 1. The fourth-order valence-electron chi connectivity index (χ4n) is 4.16. The molecular formula is C27H34N6O5. The number of aromatic nitrogens is 2. The first kappa shape index (κ1) is 27.0. The number of amides is 1. The molecule has 2 heterocycles. The van der Waals surface area contributed by atoms with E-state index in [1.54, 1.807) is 32.4 Å². The van der Waals surface area contributed by atoms with E-state index in [1.165, 1.54) is 6.20 Å². The summed E-state index contributed by atoms with van der Waals surface area (Å²) in [7, 11) is 5.28. The van der Waals surface area contributed by atoms with Gasteiger partial charge in [-0.1, -0.05) is 18.2 Å². The van der Waals surface area contributed by atoms with Crippen LogP contribution in [0.25, 0.3) is 0 Å². The van der Waals surface area contributed by atoms with E-state index < -0.39 is 6.09 Å². The van der Waals surface area contributed by atoms with E-state index >= 15 is 0 Å². The Morgan fingerprint density at radius 1 is 1.03 bits per heavy atom. The van der Waals surface area contributed by atoms with Gasteiger partial charge in [0.15, 0.2) is 11.5 Å². The number of anilines is 3. The summed E-state index contributed by atoms with van der Waals surface area (Å²) >= 11 is 0. The molecule has 1 aliphatic heterocycles. The lowest BCUT2D eigenvalue weighted by Gasteiger charge is -2.32. The van der Waals surface area contributed by atoms with E-state index in [-0.39, 0.29) is 18.3 Å². The molecular weight excluding hydrogens is 488 g/mol. The molecule has 38 heavy (non-hydrogen) atoms. The number of hydrogen-bond donors (Lipinski definition) is 2. The van der Waals surface area contributed by atoms with Crippen molar-refractivity contribution in [2.75, 3.05) is 70.8 Å². The predicted molar refractivity (Wildman–Crippen MR) is 145 cm³/mol. The largest absolute Gasteiger partial charge is 0.496 e. The number of piperazine rings is 1. The van der Waals surface area contributed by atoms with Gasteiger partial charge in [-0.05, 0) is 31.3 Å². The molecule has 0 atom stereocenters. The Kier molecular flexibility index (Phi) is 9.17. The van der Waals surface area contributed by atoms with E-state index in [4.69, 9.17) is 14.2 Å². The average molecular weight is 523 g/mol. The molecule has 0 radical (unpaired) electrons. The molecule has 0 unspecified atom stereocenters. The Bertz CT molecular complexity index is 1220. The van der Waals surface area contributed by atoms with E-state index in [0.29, 0.717) is 29.5 Å². The summed E-state index contributed by atoms with van der Waals surface area (Å²) in [5.74, 6) is 2.31. The lowest BCUT2D eigenvalue weighted by molar-refractivity contribution is 0.133. The van der Waals surface area contributed by atoms with Gasteiger partial charge in [0.25, 0.3) is 0 Å². The van der Waals surface area contributed by atoms with Crippen LogP contribution in [0.5, 0.6) is 17.2 Å². The number of rotatable bonds is 11. The van der Waals surface area contributed by atoms with Gasteiger partial charge in [0.1, 0.15) is 18.2 Å². The molecule has 0 saturated carbocycles. The minimum atomic E-state index is -1.14. The average Bonchev–Trinajstić information content (AvgIpc) is 2.93. The van der Waals surface area contributed by atoms with Gasteiger partial charge in [0.2, 0.25) is 5.95 Å². The van der Waals surface area contributed by atoms with Gasteiger partial charge in [0, 0.05) is 56.2 Å². The SMILES string of the molecule is COc1ccccc1CN(C(=O)O)c1ccnc(Nc2ccc(OCCN3CCN(C)CC3)c(OC)c2)n1. The van der Waals surface area contributed by atoms with Gasteiger partial charge in [-0.3, -0.25) is 9.80 Å². The smallest absolute Gasteiger partial charge is 0.413 e. The third-order valence-corrected chi connectivity index (χ3v) is 6.35. The summed E-state index contributed by atoms with van der Waals surface area (Å²) in [6, 6.07) is 14.3. The van der Waals surface area contributed by atoms with Crippen LogP contribution in [0, 0.1) is 0 Å². The number of methoxy groups -OCH3 is 2. The first-order chi connectivity index (χ1) is 18.5. The van der Waals surface area contributed by atoms with Crippen molar-refractivity contribution in [2.45, 2.75) is 6.54 Å². The molecule has 0 bridgehead atoms. The highest BCUT2D eigenvalue weighted by Gasteiger charge is 2.19. The first-order valence-electron chi connectivity index (χ1n) is 12.4. The van der Waals surface area contributed by atoms with Crippen LogP contribution in [0.1, 0.15) is 5.56 Å². The Balaban J connectivity index is 1.42. The highest BCUT2D eigenvalue weighted by atomic mass is 16.5. The number of benzene rings is 2. The van der Waals surface area contributed by atoms with Crippen molar-refractivity contribution in [1.82, 2.24) is 19.8 Å². The number of para-hydroxylation sites is 1. The van der Waals surface area contributed by atoms with Crippen molar-refractivity contribution in [3.05, 3.63) is 60.3 Å². The van der Waals surface area contributed by atoms with Crippen molar-refractivity contribution in [3.8, 4) is 17.2 Å². The maximum absolute atomic E-state index is 12.1. The molecule has 1 aromatic heterocycles. The molecule has 1 aliphatic rings. The molecule has 4 rings (SSSR count). The van der Waals surface area contributed by atoms with Crippen LogP contribution < -0.4 is 24.4 Å². The number of carbonyl (C=O) groups is 1. The van der Waals surface area contributed by atoms with Gasteiger partial charge in [0.05, 0.1) is 20.8 Å². The standard InChI is InChI=1S/C27H34N6O5/c1-31-12-14-32(15-13-31)16-17-38-23-9-8-21(18-24(23)37-3)29-26-28-11-10-25(30-26)33(27(34)35)19-20-6-4-5-7-22(20)36-2/h4-11,18H,12-17,19H2,1-3H3,(H,34,35)(H,28,29,30). The topological polar surface area (TPSA) is 113 Å². The van der Waals surface area contributed by atoms with Gasteiger partial charge in [-0.15, -0.1) is 0 Å². The van der Waals surface area contributed by atoms with Crippen LogP contribution in [-0.4, -0.2) is 91.6 Å². The second-order valence-corrected chi connectivity index (χ2v) is 8.90. The fourth-order valence-corrected chi connectivity index (χ4v) is 4.16. The van der Waals surface area contributed by atoms with E-state index in [9.17, 15) is 9.90 Å². The highest BCUT2D eigenvalue weighted by Crippen LogP contribution is 2.31. The lowest BCUT2D eigenvalue weighted by atomic mass is 10.2. The van der Waals surface area contributed by atoms with Crippen LogP contribution in [-0.2, 0) is 6.54 Å². The zero-order valence-electron chi connectivity index (χ0n) is 22.0.